The van der Waals surface area contributed by atoms with E-state index in [9.17, 15) is 0 Å². The Hall–Kier alpha value is -0.810. The molecule has 0 bridgehead atoms. The molecule has 1 aromatic heterocycles. The zero-order valence-corrected chi connectivity index (χ0v) is 12.8. The fourth-order valence-electron chi connectivity index (χ4n) is 2.00. The molecule has 4 nitrogen and oxygen atoms in total. The molecular weight excluding hydrogens is 258 g/mol. The Morgan fingerprint density at radius 2 is 2.26 bits per heavy atom. The SMILES string of the molecule is CC(C)(C)SCCNc1cc([C@H]2CCOC2)ncn1. The van der Waals surface area contributed by atoms with E-state index in [1.165, 1.54) is 0 Å². The van der Waals surface area contributed by atoms with Gasteiger partial charge in [0.25, 0.3) is 0 Å². The van der Waals surface area contributed by atoms with E-state index in [1.54, 1.807) is 6.33 Å². The second kappa shape index (κ2) is 6.57. The third kappa shape index (κ3) is 4.99. The zero-order chi connectivity index (χ0) is 13.7. The van der Waals surface area contributed by atoms with Gasteiger partial charge in [-0.15, -0.1) is 0 Å². The number of rotatable bonds is 5. The highest BCUT2D eigenvalue weighted by molar-refractivity contribution is 8.00. The number of aromatic nitrogens is 2. The summed E-state index contributed by atoms with van der Waals surface area (Å²) in [7, 11) is 0. The van der Waals surface area contributed by atoms with Gasteiger partial charge in [0.05, 0.1) is 12.3 Å². The van der Waals surface area contributed by atoms with E-state index in [2.05, 4.69) is 42.1 Å². The Morgan fingerprint density at radius 1 is 1.42 bits per heavy atom. The maximum Gasteiger partial charge on any atom is 0.129 e. The average Bonchev–Trinajstić information content (AvgIpc) is 2.88. The van der Waals surface area contributed by atoms with Crippen molar-refractivity contribution in [3.63, 3.8) is 0 Å². The highest BCUT2D eigenvalue weighted by atomic mass is 32.2. The third-order valence-corrected chi connectivity index (χ3v) is 4.25. The minimum absolute atomic E-state index is 0.319. The summed E-state index contributed by atoms with van der Waals surface area (Å²) in [6.07, 6.45) is 2.71. The van der Waals surface area contributed by atoms with E-state index in [4.69, 9.17) is 4.74 Å². The van der Waals surface area contributed by atoms with Crippen LogP contribution in [0.25, 0.3) is 0 Å². The summed E-state index contributed by atoms with van der Waals surface area (Å²) in [5.74, 6) is 2.44. The number of hydrogen-bond acceptors (Lipinski definition) is 5. The summed E-state index contributed by atoms with van der Waals surface area (Å²) in [4.78, 5) is 8.63. The molecule has 0 aromatic carbocycles. The van der Waals surface area contributed by atoms with Crippen LogP contribution in [0.5, 0.6) is 0 Å². The Bertz CT molecular complexity index is 400. The highest BCUT2D eigenvalue weighted by Crippen LogP contribution is 2.25. The lowest BCUT2D eigenvalue weighted by Crippen LogP contribution is -2.13. The van der Waals surface area contributed by atoms with Crippen LogP contribution in [0.15, 0.2) is 12.4 Å². The second-order valence-electron chi connectivity index (χ2n) is 5.78. The van der Waals surface area contributed by atoms with Crippen molar-refractivity contribution < 1.29 is 4.74 Å². The molecule has 2 rings (SSSR count). The van der Waals surface area contributed by atoms with Crippen molar-refractivity contribution in [3.8, 4) is 0 Å². The third-order valence-electron chi connectivity index (χ3n) is 2.98. The molecule has 0 saturated carbocycles. The first-order valence-electron chi connectivity index (χ1n) is 6.82. The van der Waals surface area contributed by atoms with Gasteiger partial charge in [-0.3, -0.25) is 0 Å². The normalized spacial score (nSPS) is 19.6. The molecule has 0 radical (unpaired) electrons. The van der Waals surface area contributed by atoms with E-state index < -0.39 is 0 Å². The molecule has 1 N–H and O–H groups in total. The van der Waals surface area contributed by atoms with Crippen molar-refractivity contribution in [2.45, 2.75) is 37.9 Å². The average molecular weight is 281 g/mol. The van der Waals surface area contributed by atoms with Crippen molar-refractivity contribution in [1.29, 1.82) is 0 Å². The van der Waals surface area contributed by atoms with Gasteiger partial charge in [-0.25, -0.2) is 9.97 Å². The molecule has 0 amide bonds. The van der Waals surface area contributed by atoms with Gasteiger partial charge >= 0.3 is 0 Å². The molecule has 1 aromatic rings. The molecule has 1 fully saturated rings. The molecule has 1 aliphatic heterocycles. The molecule has 1 saturated heterocycles. The molecule has 19 heavy (non-hydrogen) atoms. The van der Waals surface area contributed by atoms with Gasteiger partial charge in [-0.05, 0) is 6.42 Å². The highest BCUT2D eigenvalue weighted by Gasteiger charge is 2.19. The maximum atomic E-state index is 5.40. The van der Waals surface area contributed by atoms with Gasteiger partial charge < -0.3 is 10.1 Å². The minimum Gasteiger partial charge on any atom is -0.381 e. The first-order valence-corrected chi connectivity index (χ1v) is 7.81. The summed E-state index contributed by atoms with van der Waals surface area (Å²) in [5, 5.41) is 3.37. The lowest BCUT2D eigenvalue weighted by molar-refractivity contribution is 0.193. The fourth-order valence-corrected chi connectivity index (χ4v) is 2.81. The number of nitrogens with one attached hydrogen (secondary N) is 1. The lowest BCUT2D eigenvalue weighted by Gasteiger charge is -2.17. The summed E-state index contributed by atoms with van der Waals surface area (Å²) in [6.45, 7) is 9.27. The standard InChI is InChI=1S/C14H23N3OS/c1-14(2,3)19-7-5-15-13-8-12(16-10-17-13)11-4-6-18-9-11/h8,10-11H,4-7,9H2,1-3H3,(H,15,16,17)/t11-/m0/s1. The van der Waals surface area contributed by atoms with Crippen molar-refractivity contribution in [2.75, 3.05) is 30.8 Å². The van der Waals surface area contributed by atoms with Crippen LogP contribution in [0.3, 0.4) is 0 Å². The van der Waals surface area contributed by atoms with Crippen LogP contribution in [0.4, 0.5) is 5.82 Å². The monoisotopic (exact) mass is 281 g/mol. The number of thioether (sulfide) groups is 1. The molecule has 0 spiro atoms. The number of ether oxygens (including phenoxy) is 1. The van der Waals surface area contributed by atoms with Crippen LogP contribution in [0.2, 0.25) is 0 Å². The van der Waals surface area contributed by atoms with Crippen LogP contribution in [0, 0.1) is 0 Å². The van der Waals surface area contributed by atoms with Crippen molar-refractivity contribution in [3.05, 3.63) is 18.1 Å². The van der Waals surface area contributed by atoms with E-state index in [0.717, 1.165) is 43.4 Å². The zero-order valence-electron chi connectivity index (χ0n) is 12.0. The van der Waals surface area contributed by atoms with Crippen LogP contribution in [0.1, 0.15) is 38.8 Å². The summed E-state index contributed by atoms with van der Waals surface area (Å²) in [5.41, 5.74) is 1.10. The number of anilines is 1. The Labute approximate surface area is 119 Å². The number of nitrogens with zero attached hydrogens (tertiary/aromatic N) is 2. The van der Waals surface area contributed by atoms with Gasteiger partial charge in [0, 0.05) is 35.6 Å². The van der Waals surface area contributed by atoms with E-state index in [-0.39, 0.29) is 0 Å². The van der Waals surface area contributed by atoms with Gasteiger partial charge in [-0.2, -0.15) is 11.8 Å². The summed E-state index contributed by atoms with van der Waals surface area (Å²) < 4.78 is 5.72. The smallest absolute Gasteiger partial charge is 0.129 e. The molecular formula is C14H23N3OS. The van der Waals surface area contributed by atoms with Gasteiger partial charge in [0.1, 0.15) is 12.1 Å². The van der Waals surface area contributed by atoms with E-state index in [0.29, 0.717) is 10.7 Å². The van der Waals surface area contributed by atoms with Crippen molar-refractivity contribution in [1.82, 2.24) is 9.97 Å². The Kier molecular flexibility index (Phi) is 5.05. The van der Waals surface area contributed by atoms with Crippen LogP contribution in [-0.4, -0.2) is 40.2 Å². The molecule has 5 heteroatoms. The molecule has 0 aliphatic carbocycles. The minimum atomic E-state index is 0.319. The molecule has 106 valence electrons. The number of hydrogen-bond donors (Lipinski definition) is 1. The lowest BCUT2D eigenvalue weighted by atomic mass is 10.1. The summed E-state index contributed by atoms with van der Waals surface area (Å²) >= 11 is 1.96. The largest absolute Gasteiger partial charge is 0.381 e. The molecule has 2 heterocycles. The van der Waals surface area contributed by atoms with Crippen LogP contribution >= 0.6 is 11.8 Å². The second-order valence-corrected chi connectivity index (χ2v) is 7.70. The van der Waals surface area contributed by atoms with E-state index >= 15 is 0 Å². The summed E-state index contributed by atoms with van der Waals surface area (Å²) in [6, 6.07) is 2.06. The van der Waals surface area contributed by atoms with E-state index in [1.807, 2.05) is 11.8 Å². The molecule has 1 atom stereocenters. The van der Waals surface area contributed by atoms with Crippen LogP contribution < -0.4 is 5.32 Å². The van der Waals surface area contributed by atoms with Gasteiger partial charge in [0.2, 0.25) is 0 Å². The van der Waals surface area contributed by atoms with Crippen LogP contribution in [-0.2, 0) is 4.74 Å². The maximum absolute atomic E-state index is 5.40. The predicted molar refractivity (Wildman–Crippen MR) is 80.9 cm³/mol. The Balaban J connectivity index is 1.82. The quantitative estimate of drug-likeness (QED) is 0.841. The fraction of sp³-hybridized carbons (Fsp3) is 0.714. The Morgan fingerprint density at radius 3 is 2.95 bits per heavy atom. The first kappa shape index (κ1) is 14.6. The van der Waals surface area contributed by atoms with Crippen molar-refractivity contribution >= 4 is 17.6 Å². The predicted octanol–water partition coefficient (Wildman–Crippen LogP) is 2.92. The van der Waals surface area contributed by atoms with Gasteiger partial charge in [-0.1, -0.05) is 20.8 Å². The topological polar surface area (TPSA) is 47.0 Å². The van der Waals surface area contributed by atoms with Gasteiger partial charge in [0.15, 0.2) is 0 Å². The van der Waals surface area contributed by atoms with Crippen molar-refractivity contribution in [2.24, 2.45) is 0 Å². The molecule has 0 unspecified atom stereocenters. The first-order chi connectivity index (χ1) is 9.04. The molecule has 1 aliphatic rings.